The number of aryl methyl sites for hydroxylation is 2. The molecule has 1 aliphatic rings. The maximum Gasteiger partial charge on any atom is 0.343 e. The minimum atomic E-state index is -0.361. The molecule has 4 heteroatoms. The Morgan fingerprint density at radius 2 is 1.96 bits per heavy atom. The van der Waals surface area contributed by atoms with Crippen LogP contribution in [0.4, 0.5) is 0 Å². The highest BCUT2D eigenvalue weighted by Crippen LogP contribution is 2.38. The smallest absolute Gasteiger partial charge is 0.343 e. The molecule has 0 aromatic carbocycles. The third kappa shape index (κ3) is 3.23. The molecule has 0 bridgehead atoms. The van der Waals surface area contributed by atoms with Crippen LogP contribution < -0.4 is 5.63 Å². The molecule has 1 atom stereocenters. The van der Waals surface area contributed by atoms with Crippen LogP contribution in [0.5, 0.6) is 5.75 Å². The lowest BCUT2D eigenvalue weighted by molar-refractivity contribution is 0.384. The summed E-state index contributed by atoms with van der Waals surface area (Å²) in [4.78, 5) is 14.9. The summed E-state index contributed by atoms with van der Waals surface area (Å²) >= 11 is 1.69. The molecule has 2 aromatic rings. The summed E-state index contributed by atoms with van der Waals surface area (Å²) in [5, 5.41) is 10.8. The number of aromatic hydroxyl groups is 1. The molecule has 0 saturated carbocycles. The fourth-order valence-electron chi connectivity index (χ4n) is 3.52. The van der Waals surface area contributed by atoms with Gasteiger partial charge in [-0.05, 0) is 44.7 Å². The fraction of sp³-hybridized carbons (Fsp3) is 0.526. The van der Waals surface area contributed by atoms with Gasteiger partial charge in [0.1, 0.15) is 11.5 Å². The predicted molar refractivity (Wildman–Crippen MR) is 93.7 cm³/mol. The van der Waals surface area contributed by atoms with Gasteiger partial charge in [0.15, 0.2) is 0 Å². The summed E-state index contributed by atoms with van der Waals surface area (Å²) in [6, 6.07) is 4.12. The molecule has 124 valence electrons. The molecule has 3 nitrogen and oxygen atoms in total. The molecule has 3 rings (SSSR count). The second-order valence-electron chi connectivity index (χ2n) is 6.38. The van der Waals surface area contributed by atoms with E-state index in [0.29, 0.717) is 11.3 Å². The first-order chi connectivity index (χ1) is 11.1. The second-order valence-corrected chi connectivity index (χ2v) is 7.70. The van der Waals surface area contributed by atoms with E-state index in [1.54, 1.807) is 11.3 Å². The lowest BCUT2D eigenvalue weighted by Gasteiger charge is -2.19. The van der Waals surface area contributed by atoms with Gasteiger partial charge in [0.25, 0.3) is 0 Å². The van der Waals surface area contributed by atoms with Crippen LogP contribution in [0.15, 0.2) is 21.3 Å². The molecule has 0 amide bonds. The Morgan fingerprint density at radius 3 is 2.61 bits per heavy atom. The van der Waals surface area contributed by atoms with Crippen molar-refractivity contribution in [2.75, 3.05) is 0 Å². The van der Waals surface area contributed by atoms with E-state index >= 15 is 0 Å². The molecule has 2 aromatic heterocycles. The van der Waals surface area contributed by atoms with Crippen molar-refractivity contribution in [2.24, 2.45) is 0 Å². The predicted octanol–water partition coefficient (Wildman–Crippen LogP) is 4.92. The minimum absolute atomic E-state index is 0.0827. The number of hydrogen-bond acceptors (Lipinski definition) is 4. The topological polar surface area (TPSA) is 50.4 Å². The number of fused-ring (bicyclic) bond motifs is 1. The first-order valence-corrected chi connectivity index (χ1v) is 9.37. The highest BCUT2D eigenvalue weighted by molar-refractivity contribution is 7.12. The summed E-state index contributed by atoms with van der Waals surface area (Å²) in [6.07, 6.45) is 6.74. The van der Waals surface area contributed by atoms with Gasteiger partial charge in [-0.3, -0.25) is 0 Å². The summed E-state index contributed by atoms with van der Waals surface area (Å²) in [5.41, 5.74) is 0.958. The van der Waals surface area contributed by atoms with Crippen molar-refractivity contribution in [1.29, 1.82) is 0 Å². The Bertz CT molecular complexity index is 742. The van der Waals surface area contributed by atoms with Crippen LogP contribution in [0, 0.1) is 6.92 Å². The third-order valence-corrected chi connectivity index (χ3v) is 5.87. The Kier molecular flexibility index (Phi) is 4.90. The van der Waals surface area contributed by atoms with Gasteiger partial charge >= 0.3 is 5.63 Å². The van der Waals surface area contributed by atoms with Crippen LogP contribution >= 0.6 is 11.3 Å². The third-order valence-electron chi connectivity index (χ3n) is 4.76. The average molecular weight is 332 g/mol. The van der Waals surface area contributed by atoms with Gasteiger partial charge in [-0.2, -0.15) is 0 Å². The summed E-state index contributed by atoms with van der Waals surface area (Å²) in [5.74, 6) is 0.810. The Hall–Kier alpha value is -1.55. The van der Waals surface area contributed by atoms with Gasteiger partial charge in [-0.1, -0.05) is 19.8 Å². The highest BCUT2D eigenvalue weighted by atomic mass is 32.1. The maximum absolute atomic E-state index is 12.6. The van der Waals surface area contributed by atoms with Crippen LogP contribution in [0.3, 0.4) is 0 Å². The molecular formula is C19H24O3S. The van der Waals surface area contributed by atoms with Gasteiger partial charge in [-0.25, -0.2) is 4.79 Å². The first kappa shape index (κ1) is 16.3. The number of thiophene rings is 1. The van der Waals surface area contributed by atoms with E-state index in [0.717, 1.165) is 49.0 Å². The van der Waals surface area contributed by atoms with E-state index in [9.17, 15) is 9.90 Å². The number of rotatable bonds is 3. The zero-order chi connectivity index (χ0) is 16.4. The highest BCUT2D eigenvalue weighted by Gasteiger charge is 2.27. The molecule has 23 heavy (non-hydrogen) atoms. The summed E-state index contributed by atoms with van der Waals surface area (Å²) in [7, 11) is 0. The molecule has 1 aliphatic carbocycles. The molecule has 0 fully saturated rings. The Balaban J connectivity index is 2.11. The Morgan fingerprint density at radius 1 is 1.22 bits per heavy atom. The standard InChI is InChI=1S/C19H24O3S/c1-3-13(16-11-10-12(2)23-16)17-18(20)14-8-6-4-5-7-9-15(14)22-19(17)21/h10-11,13,20H,3-9H2,1-2H3. The molecule has 0 saturated heterocycles. The molecule has 0 aliphatic heterocycles. The molecule has 0 spiro atoms. The zero-order valence-electron chi connectivity index (χ0n) is 13.9. The SMILES string of the molecule is CCC(c1ccc(C)s1)c1c(O)c2c(oc1=O)CCCCCC2. The second kappa shape index (κ2) is 6.91. The van der Waals surface area contributed by atoms with Crippen molar-refractivity contribution in [3.05, 3.63) is 49.2 Å². The molecule has 2 heterocycles. The van der Waals surface area contributed by atoms with E-state index in [-0.39, 0.29) is 17.3 Å². The first-order valence-electron chi connectivity index (χ1n) is 8.55. The van der Waals surface area contributed by atoms with Crippen molar-refractivity contribution < 1.29 is 9.52 Å². The van der Waals surface area contributed by atoms with Crippen LogP contribution in [-0.2, 0) is 12.8 Å². The van der Waals surface area contributed by atoms with Crippen LogP contribution in [-0.4, -0.2) is 5.11 Å². The van der Waals surface area contributed by atoms with Crippen molar-refractivity contribution in [2.45, 2.75) is 64.7 Å². The zero-order valence-corrected chi connectivity index (χ0v) is 14.7. The summed E-state index contributed by atoms with van der Waals surface area (Å²) < 4.78 is 5.65. The molecule has 1 unspecified atom stereocenters. The van der Waals surface area contributed by atoms with E-state index in [2.05, 4.69) is 26.0 Å². The van der Waals surface area contributed by atoms with Gasteiger partial charge < -0.3 is 9.52 Å². The van der Waals surface area contributed by atoms with Gasteiger partial charge in [0.05, 0.1) is 5.56 Å². The normalized spacial score (nSPS) is 16.4. The van der Waals surface area contributed by atoms with Crippen molar-refractivity contribution in [1.82, 2.24) is 0 Å². The van der Waals surface area contributed by atoms with Crippen LogP contribution in [0.2, 0.25) is 0 Å². The maximum atomic E-state index is 12.6. The lowest BCUT2D eigenvalue weighted by atomic mass is 9.90. The Labute approximate surface area is 141 Å². The van der Waals surface area contributed by atoms with Crippen molar-refractivity contribution in [3.63, 3.8) is 0 Å². The monoisotopic (exact) mass is 332 g/mol. The minimum Gasteiger partial charge on any atom is -0.507 e. The van der Waals surface area contributed by atoms with Crippen LogP contribution in [0.25, 0.3) is 0 Å². The van der Waals surface area contributed by atoms with E-state index in [1.807, 2.05) is 0 Å². The molecular weight excluding hydrogens is 308 g/mol. The van der Waals surface area contributed by atoms with Crippen LogP contribution in [0.1, 0.15) is 71.6 Å². The van der Waals surface area contributed by atoms with Crippen molar-refractivity contribution in [3.8, 4) is 5.75 Å². The largest absolute Gasteiger partial charge is 0.507 e. The van der Waals surface area contributed by atoms with Crippen molar-refractivity contribution >= 4 is 11.3 Å². The van der Waals surface area contributed by atoms with Gasteiger partial charge in [-0.15, -0.1) is 11.3 Å². The quantitative estimate of drug-likeness (QED) is 0.868. The summed E-state index contributed by atoms with van der Waals surface area (Å²) in [6.45, 7) is 4.11. The van der Waals surface area contributed by atoms with Gasteiger partial charge in [0, 0.05) is 27.7 Å². The fourth-order valence-corrected chi connectivity index (χ4v) is 4.59. The molecule has 0 radical (unpaired) electrons. The van der Waals surface area contributed by atoms with E-state index in [4.69, 9.17) is 4.42 Å². The average Bonchev–Trinajstić information content (AvgIpc) is 2.92. The van der Waals surface area contributed by atoms with E-state index < -0.39 is 0 Å². The molecule has 1 N–H and O–H groups in total. The van der Waals surface area contributed by atoms with E-state index in [1.165, 1.54) is 11.3 Å². The van der Waals surface area contributed by atoms with Gasteiger partial charge in [0.2, 0.25) is 0 Å². The number of hydrogen-bond donors (Lipinski definition) is 1. The lowest BCUT2D eigenvalue weighted by Crippen LogP contribution is -2.17.